The van der Waals surface area contributed by atoms with Crippen molar-refractivity contribution in [3.63, 3.8) is 0 Å². The lowest BCUT2D eigenvalue weighted by Gasteiger charge is -2.31. The molecule has 1 saturated heterocycles. The summed E-state index contributed by atoms with van der Waals surface area (Å²) in [5, 5.41) is 8.43. The number of hydrogen-bond donors (Lipinski definition) is 2. The number of anilines is 1. The van der Waals surface area contributed by atoms with E-state index in [1.807, 2.05) is 31.4 Å². The predicted octanol–water partition coefficient (Wildman–Crippen LogP) is 3.10. The number of hydrogen-bond acceptors (Lipinski definition) is 8. The molecule has 0 atom stereocenters. The summed E-state index contributed by atoms with van der Waals surface area (Å²) < 4.78 is 5.62. The third-order valence-corrected chi connectivity index (χ3v) is 6.09. The molecule has 1 aliphatic rings. The number of thiazole rings is 1. The van der Waals surface area contributed by atoms with Gasteiger partial charge in [-0.3, -0.25) is 14.5 Å². The zero-order valence-corrected chi connectivity index (χ0v) is 18.9. The Morgan fingerprint density at radius 3 is 2.72 bits per heavy atom. The number of likely N-dealkylation sites (tertiary alicyclic amines) is 1. The molecule has 0 aliphatic carbocycles. The van der Waals surface area contributed by atoms with E-state index in [0.29, 0.717) is 28.8 Å². The van der Waals surface area contributed by atoms with Crippen LogP contribution in [-0.4, -0.2) is 57.3 Å². The molecule has 168 valence electrons. The summed E-state index contributed by atoms with van der Waals surface area (Å²) in [6.07, 6.45) is 3.79. The quantitative estimate of drug-likeness (QED) is 0.564. The van der Waals surface area contributed by atoms with Gasteiger partial charge in [0, 0.05) is 37.1 Å². The number of nitrogens with zero attached hydrogens (tertiary/aromatic N) is 4. The fraction of sp³-hybridized carbons (Fsp3) is 0.409. The molecule has 0 spiro atoms. The number of furan rings is 1. The molecule has 3 aromatic heterocycles. The highest BCUT2D eigenvalue weighted by Gasteiger charge is 2.22. The van der Waals surface area contributed by atoms with Crippen molar-refractivity contribution >= 4 is 29.0 Å². The average Bonchev–Trinajstić information content (AvgIpc) is 3.44. The van der Waals surface area contributed by atoms with Crippen LogP contribution in [0.2, 0.25) is 0 Å². The van der Waals surface area contributed by atoms with Gasteiger partial charge in [-0.1, -0.05) is 6.92 Å². The van der Waals surface area contributed by atoms with Gasteiger partial charge in [-0.25, -0.2) is 15.0 Å². The number of carbonyl (C=O) groups is 2. The van der Waals surface area contributed by atoms with Gasteiger partial charge in [-0.15, -0.1) is 11.3 Å². The van der Waals surface area contributed by atoms with Gasteiger partial charge in [0.15, 0.2) is 16.6 Å². The molecule has 32 heavy (non-hydrogen) atoms. The lowest BCUT2D eigenvalue weighted by molar-refractivity contribution is -0.122. The van der Waals surface area contributed by atoms with E-state index in [1.54, 1.807) is 12.3 Å². The van der Waals surface area contributed by atoms with Crippen molar-refractivity contribution in [1.82, 2.24) is 25.2 Å². The van der Waals surface area contributed by atoms with Gasteiger partial charge >= 0.3 is 0 Å². The first-order valence-electron chi connectivity index (χ1n) is 10.7. The Bertz CT molecular complexity index is 1090. The van der Waals surface area contributed by atoms with Crippen LogP contribution in [0.25, 0.3) is 22.3 Å². The first-order valence-corrected chi connectivity index (χ1v) is 11.6. The van der Waals surface area contributed by atoms with Crippen LogP contribution in [0.15, 0.2) is 34.2 Å². The molecule has 1 fully saturated rings. The monoisotopic (exact) mass is 454 g/mol. The van der Waals surface area contributed by atoms with Crippen LogP contribution in [0.4, 0.5) is 5.82 Å². The molecular weight excluding hydrogens is 428 g/mol. The summed E-state index contributed by atoms with van der Waals surface area (Å²) in [4.78, 5) is 39.4. The fourth-order valence-corrected chi connectivity index (χ4v) is 4.29. The SMILES string of the molecule is CCC(=O)NC1CCN(CC(=O)Nc2ccnc(-c3nc(-c4ccc(C)o4)cs3)n2)CC1. The zero-order valence-electron chi connectivity index (χ0n) is 18.1. The van der Waals surface area contributed by atoms with Gasteiger partial charge < -0.3 is 15.1 Å². The summed E-state index contributed by atoms with van der Waals surface area (Å²) in [7, 11) is 0. The van der Waals surface area contributed by atoms with E-state index in [-0.39, 0.29) is 24.4 Å². The minimum Gasteiger partial charge on any atom is -0.460 e. The summed E-state index contributed by atoms with van der Waals surface area (Å²) in [5.74, 6) is 2.37. The number of aryl methyl sites for hydroxylation is 1. The second-order valence-corrected chi connectivity index (χ2v) is 8.59. The van der Waals surface area contributed by atoms with E-state index in [2.05, 4.69) is 30.5 Å². The number of rotatable bonds is 7. The molecule has 9 nitrogen and oxygen atoms in total. The van der Waals surface area contributed by atoms with E-state index in [9.17, 15) is 9.59 Å². The Morgan fingerprint density at radius 2 is 2.00 bits per heavy atom. The molecule has 0 unspecified atom stereocenters. The molecule has 4 rings (SSSR count). The van der Waals surface area contributed by atoms with Gasteiger partial charge in [-0.05, 0) is 38.0 Å². The number of piperidine rings is 1. The van der Waals surface area contributed by atoms with E-state index in [0.717, 1.165) is 37.4 Å². The number of carbonyl (C=O) groups excluding carboxylic acids is 2. The topological polar surface area (TPSA) is 113 Å². The normalized spacial score (nSPS) is 14.9. The fourth-order valence-electron chi connectivity index (χ4n) is 3.54. The Morgan fingerprint density at radius 1 is 1.19 bits per heavy atom. The molecule has 2 amide bonds. The maximum absolute atomic E-state index is 12.5. The predicted molar refractivity (Wildman–Crippen MR) is 122 cm³/mol. The van der Waals surface area contributed by atoms with Gasteiger partial charge in [-0.2, -0.15) is 0 Å². The zero-order chi connectivity index (χ0) is 22.5. The largest absolute Gasteiger partial charge is 0.460 e. The van der Waals surface area contributed by atoms with Crippen LogP contribution in [0.5, 0.6) is 0 Å². The van der Waals surface area contributed by atoms with Crippen molar-refractivity contribution < 1.29 is 14.0 Å². The third kappa shape index (κ3) is 5.57. The summed E-state index contributed by atoms with van der Waals surface area (Å²) in [6.45, 7) is 5.56. The molecule has 10 heteroatoms. The smallest absolute Gasteiger partial charge is 0.239 e. The van der Waals surface area contributed by atoms with Crippen LogP contribution in [0, 0.1) is 6.92 Å². The average molecular weight is 455 g/mol. The van der Waals surface area contributed by atoms with Crippen molar-refractivity contribution in [2.75, 3.05) is 25.0 Å². The first kappa shape index (κ1) is 22.1. The van der Waals surface area contributed by atoms with Crippen molar-refractivity contribution in [1.29, 1.82) is 0 Å². The molecular formula is C22H26N6O3S. The summed E-state index contributed by atoms with van der Waals surface area (Å²) >= 11 is 1.42. The van der Waals surface area contributed by atoms with E-state index in [1.165, 1.54) is 11.3 Å². The van der Waals surface area contributed by atoms with Crippen LogP contribution in [0.1, 0.15) is 31.9 Å². The Labute approximate surface area is 190 Å². The Kier molecular flexibility index (Phi) is 6.91. The maximum Gasteiger partial charge on any atom is 0.239 e. The highest BCUT2D eigenvalue weighted by Crippen LogP contribution is 2.28. The Balaban J connectivity index is 1.32. The van der Waals surface area contributed by atoms with Crippen molar-refractivity contribution in [2.45, 2.75) is 39.2 Å². The third-order valence-electron chi connectivity index (χ3n) is 5.25. The van der Waals surface area contributed by atoms with Crippen LogP contribution in [0.3, 0.4) is 0 Å². The number of nitrogens with one attached hydrogen (secondary N) is 2. The molecule has 2 N–H and O–H groups in total. The van der Waals surface area contributed by atoms with Gasteiger partial charge in [0.1, 0.15) is 17.3 Å². The number of amides is 2. The Hall–Kier alpha value is -3.11. The molecule has 0 saturated carbocycles. The van der Waals surface area contributed by atoms with Gasteiger partial charge in [0.2, 0.25) is 11.8 Å². The van der Waals surface area contributed by atoms with E-state index < -0.39 is 0 Å². The van der Waals surface area contributed by atoms with Gasteiger partial charge in [0.05, 0.1) is 6.54 Å². The summed E-state index contributed by atoms with van der Waals surface area (Å²) in [5.41, 5.74) is 0.731. The minimum absolute atomic E-state index is 0.0763. The standard InChI is InChI=1S/C22H26N6O3S/c1-3-19(29)24-15-7-10-28(11-8-15)12-20(30)26-18-6-9-23-21(27-18)22-25-16(13-32-22)17-5-4-14(2)31-17/h4-6,9,13,15H,3,7-8,10-12H2,1-2H3,(H,24,29)(H,23,26,27,30). The molecule has 0 radical (unpaired) electrons. The molecule has 1 aliphatic heterocycles. The second-order valence-electron chi connectivity index (χ2n) is 7.73. The van der Waals surface area contributed by atoms with Crippen molar-refractivity contribution in [3.05, 3.63) is 35.5 Å². The van der Waals surface area contributed by atoms with Crippen molar-refractivity contribution in [3.8, 4) is 22.3 Å². The van der Waals surface area contributed by atoms with Crippen LogP contribution < -0.4 is 10.6 Å². The minimum atomic E-state index is -0.128. The molecule has 0 bridgehead atoms. The lowest BCUT2D eigenvalue weighted by Crippen LogP contribution is -2.46. The maximum atomic E-state index is 12.5. The second kappa shape index (κ2) is 10.0. The highest BCUT2D eigenvalue weighted by molar-refractivity contribution is 7.13. The van der Waals surface area contributed by atoms with Gasteiger partial charge in [0.25, 0.3) is 0 Å². The molecule has 3 aromatic rings. The first-order chi connectivity index (χ1) is 15.5. The lowest BCUT2D eigenvalue weighted by atomic mass is 10.0. The van der Waals surface area contributed by atoms with E-state index in [4.69, 9.17) is 4.42 Å². The molecule has 0 aromatic carbocycles. The molecule has 4 heterocycles. The van der Waals surface area contributed by atoms with Crippen molar-refractivity contribution in [2.24, 2.45) is 0 Å². The number of aromatic nitrogens is 3. The summed E-state index contributed by atoms with van der Waals surface area (Å²) in [6, 6.07) is 5.63. The van der Waals surface area contributed by atoms with Crippen LogP contribution in [-0.2, 0) is 9.59 Å². The van der Waals surface area contributed by atoms with E-state index >= 15 is 0 Å². The highest BCUT2D eigenvalue weighted by atomic mass is 32.1. The van der Waals surface area contributed by atoms with Crippen LogP contribution >= 0.6 is 11.3 Å².